The number of pyridine rings is 1. The fourth-order valence-electron chi connectivity index (χ4n) is 4.61. The number of benzene rings is 1. The SMILES string of the molecule is CCC1c2cc(N)c(F)cc2N=c2c1cn1c(=O)c3c(cc21)C(O)(CC)C(=O)OC3. The van der Waals surface area contributed by atoms with Gasteiger partial charge in [-0.15, -0.1) is 0 Å². The Morgan fingerprint density at radius 1 is 1.30 bits per heavy atom. The summed E-state index contributed by atoms with van der Waals surface area (Å²) in [6.07, 6.45) is 2.50. The van der Waals surface area contributed by atoms with Crippen LogP contribution in [0.3, 0.4) is 0 Å². The zero-order valence-corrected chi connectivity index (χ0v) is 16.5. The van der Waals surface area contributed by atoms with Crippen molar-refractivity contribution in [1.82, 2.24) is 4.40 Å². The van der Waals surface area contributed by atoms with Crippen molar-refractivity contribution in [3.8, 4) is 0 Å². The molecule has 0 saturated heterocycles. The molecule has 154 valence electrons. The zero-order chi connectivity index (χ0) is 21.4. The predicted molar refractivity (Wildman–Crippen MR) is 107 cm³/mol. The lowest BCUT2D eigenvalue weighted by atomic mass is 9.85. The number of hydrogen-bond donors (Lipinski definition) is 2. The van der Waals surface area contributed by atoms with Gasteiger partial charge in [0.1, 0.15) is 12.4 Å². The molecule has 8 heteroatoms. The van der Waals surface area contributed by atoms with Gasteiger partial charge in [0.15, 0.2) is 5.60 Å². The molecule has 30 heavy (non-hydrogen) atoms. The van der Waals surface area contributed by atoms with Crippen molar-refractivity contribution in [3.63, 3.8) is 0 Å². The van der Waals surface area contributed by atoms with Gasteiger partial charge in [-0.3, -0.25) is 9.20 Å². The number of fused-ring (bicyclic) bond motifs is 5. The van der Waals surface area contributed by atoms with Gasteiger partial charge in [0.25, 0.3) is 5.56 Å². The van der Waals surface area contributed by atoms with Crippen molar-refractivity contribution in [3.05, 3.63) is 68.2 Å². The highest BCUT2D eigenvalue weighted by Crippen LogP contribution is 2.39. The van der Waals surface area contributed by atoms with E-state index < -0.39 is 17.4 Å². The Labute approximate surface area is 170 Å². The number of aliphatic hydroxyl groups is 1. The summed E-state index contributed by atoms with van der Waals surface area (Å²) in [5, 5.41) is 11.5. The van der Waals surface area contributed by atoms with E-state index in [1.807, 2.05) is 6.92 Å². The topological polar surface area (TPSA) is 106 Å². The molecule has 0 bridgehead atoms. The fraction of sp³-hybridized carbons (Fsp3) is 0.318. The molecule has 2 atom stereocenters. The third-order valence-electron chi connectivity index (χ3n) is 6.31. The van der Waals surface area contributed by atoms with E-state index in [0.717, 1.165) is 11.1 Å². The van der Waals surface area contributed by atoms with Crippen LogP contribution in [0, 0.1) is 5.82 Å². The first kappa shape index (κ1) is 18.7. The monoisotopic (exact) mass is 409 g/mol. The normalized spacial score (nSPS) is 22.1. The van der Waals surface area contributed by atoms with Gasteiger partial charge in [-0.05, 0) is 30.5 Å². The van der Waals surface area contributed by atoms with Gasteiger partial charge in [0.2, 0.25) is 0 Å². The van der Waals surface area contributed by atoms with Gasteiger partial charge in [0.05, 0.1) is 27.8 Å². The Kier molecular flexibility index (Phi) is 3.82. The zero-order valence-electron chi connectivity index (χ0n) is 16.5. The average molecular weight is 409 g/mol. The summed E-state index contributed by atoms with van der Waals surface area (Å²) in [6, 6.07) is 4.53. The van der Waals surface area contributed by atoms with E-state index in [0.29, 0.717) is 23.0 Å². The number of ether oxygens (including phenoxy) is 1. The summed E-state index contributed by atoms with van der Waals surface area (Å²) < 4.78 is 20.7. The molecule has 2 aliphatic rings. The van der Waals surface area contributed by atoms with E-state index in [9.17, 15) is 19.1 Å². The van der Waals surface area contributed by atoms with E-state index >= 15 is 0 Å². The minimum atomic E-state index is -1.89. The molecule has 5 rings (SSSR count). The Balaban J connectivity index is 1.89. The first-order valence-electron chi connectivity index (χ1n) is 9.88. The molecule has 7 nitrogen and oxygen atoms in total. The number of carbonyl (C=O) groups is 1. The van der Waals surface area contributed by atoms with Crippen LogP contribution >= 0.6 is 0 Å². The lowest BCUT2D eigenvalue weighted by Crippen LogP contribution is -2.43. The first-order valence-corrected chi connectivity index (χ1v) is 9.88. The van der Waals surface area contributed by atoms with Crippen molar-refractivity contribution in [2.24, 2.45) is 4.99 Å². The highest BCUT2D eigenvalue weighted by Gasteiger charge is 2.44. The first-order chi connectivity index (χ1) is 14.3. The number of cyclic esters (lactones) is 1. The number of nitrogen functional groups attached to an aromatic ring is 1. The van der Waals surface area contributed by atoms with Gasteiger partial charge >= 0.3 is 5.97 Å². The summed E-state index contributed by atoms with van der Waals surface area (Å²) >= 11 is 0. The van der Waals surface area contributed by atoms with Crippen LogP contribution in [-0.4, -0.2) is 15.5 Å². The van der Waals surface area contributed by atoms with Gasteiger partial charge < -0.3 is 15.6 Å². The minimum Gasteiger partial charge on any atom is -0.458 e. The highest BCUT2D eigenvalue weighted by molar-refractivity contribution is 5.83. The number of aromatic nitrogens is 1. The molecule has 4 heterocycles. The van der Waals surface area contributed by atoms with Crippen molar-refractivity contribution in [2.75, 3.05) is 5.73 Å². The van der Waals surface area contributed by atoms with E-state index in [-0.39, 0.29) is 41.3 Å². The van der Waals surface area contributed by atoms with Crippen LogP contribution in [0.25, 0.3) is 5.52 Å². The summed E-state index contributed by atoms with van der Waals surface area (Å²) in [7, 11) is 0. The Bertz CT molecular complexity index is 1360. The number of carbonyl (C=O) groups excluding carboxylic acids is 1. The Morgan fingerprint density at radius 3 is 2.77 bits per heavy atom. The van der Waals surface area contributed by atoms with E-state index in [2.05, 4.69) is 4.99 Å². The van der Waals surface area contributed by atoms with Crippen molar-refractivity contribution >= 4 is 22.9 Å². The molecule has 0 fully saturated rings. The number of anilines is 1. The maximum Gasteiger partial charge on any atom is 0.343 e. The molecule has 0 radical (unpaired) electrons. The van der Waals surface area contributed by atoms with E-state index in [1.54, 1.807) is 25.3 Å². The van der Waals surface area contributed by atoms with Gasteiger partial charge in [-0.2, -0.15) is 0 Å². The standard InChI is InChI=1S/C22H20FN3O4/c1-3-10-11-5-16(24)15(23)7-17(11)25-19-12(10)8-26-18(19)6-14-13(20(26)27)9-30-21(28)22(14,29)4-2/h5-8,10,29H,3-4,9,24H2,1-2H3. The Morgan fingerprint density at radius 2 is 2.07 bits per heavy atom. The second kappa shape index (κ2) is 6.12. The number of nitrogens with two attached hydrogens (primary N) is 1. The van der Waals surface area contributed by atoms with E-state index in [4.69, 9.17) is 10.5 Å². The molecule has 1 aromatic carbocycles. The van der Waals surface area contributed by atoms with Crippen molar-refractivity contribution in [1.29, 1.82) is 0 Å². The number of nitrogens with zero attached hydrogens (tertiary/aromatic N) is 2. The van der Waals surface area contributed by atoms with Gasteiger partial charge in [-0.25, -0.2) is 14.2 Å². The van der Waals surface area contributed by atoms with Crippen LogP contribution in [-0.2, 0) is 21.7 Å². The molecule has 3 N–H and O–H groups in total. The molecule has 2 aromatic heterocycles. The quantitative estimate of drug-likeness (QED) is 0.499. The molecule has 0 amide bonds. The summed E-state index contributed by atoms with van der Waals surface area (Å²) in [6.45, 7) is 3.46. The Hall–Kier alpha value is -3.26. The number of hydrogen-bond acceptors (Lipinski definition) is 6. The maximum absolute atomic E-state index is 14.1. The number of esters is 1. The second-order valence-electron chi connectivity index (χ2n) is 7.83. The van der Waals surface area contributed by atoms with Crippen LogP contribution in [0.1, 0.15) is 54.9 Å². The van der Waals surface area contributed by atoms with Crippen LogP contribution < -0.4 is 16.7 Å². The third-order valence-corrected chi connectivity index (χ3v) is 6.31. The highest BCUT2D eigenvalue weighted by atomic mass is 19.1. The largest absolute Gasteiger partial charge is 0.458 e. The van der Waals surface area contributed by atoms with Gasteiger partial charge in [-0.1, -0.05) is 13.8 Å². The molecule has 0 aliphatic carbocycles. The summed E-state index contributed by atoms with van der Waals surface area (Å²) in [4.78, 5) is 30.1. The molecule has 2 unspecified atom stereocenters. The molecule has 0 spiro atoms. The molecule has 3 aromatic rings. The minimum absolute atomic E-state index is 0.0539. The van der Waals surface area contributed by atoms with Crippen molar-refractivity contribution < 1.29 is 19.0 Å². The second-order valence-corrected chi connectivity index (χ2v) is 7.83. The lowest BCUT2D eigenvalue weighted by Gasteiger charge is -2.31. The summed E-state index contributed by atoms with van der Waals surface area (Å²) in [5.41, 5.74) is 6.64. The molecule has 0 saturated carbocycles. The van der Waals surface area contributed by atoms with Gasteiger partial charge in [0, 0.05) is 29.3 Å². The van der Waals surface area contributed by atoms with Crippen LogP contribution in [0.15, 0.2) is 34.2 Å². The molecular weight excluding hydrogens is 389 g/mol. The smallest absolute Gasteiger partial charge is 0.343 e. The van der Waals surface area contributed by atoms with Crippen molar-refractivity contribution in [2.45, 2.75) is 44.8 Å². The fourth-order valence-corrected chi connectivity index (χ4v) is 4.61. The lowest BCUT2D eigenvalue weighted by molar-refractivity contribution is -0.172. The molecule has 2 aliphatic heterocycles. The summed E-state index contributed by atoms with van der Waals surface area (Å²) in [5.74, 6) is -1.44. The number of halogens is 1. The van der Waals surface area contributed by atoms with E-state index in [1.165, 1.54) is 10.5 Å². The number of rotatable bonds is 2. The average Bonchev–Trinajstić information content (AvgIpc) is 3.09. The maximum atomic E-state index is 14.1. The van der Waals surface area contributed by atoms with Crippen LogP contribution in [0.2, 0.25) is 0 Å². The third kappa shape index (κ3) is 2.25. The van der Waals surface area contributed by atoms with Crippen LogP contribution in [0.4, 0.5) is 15.8 Å². The van der Waals surface area contributed by atoms with Crippen LogP contribution in [0.5, 0.6) is 0 Å². The molecular formula is C22H20FN3O4. The predicted octanol–water partition coefficient (Wildman–Crippen LogP) is 2.20.